The second-order valence-corrected chi connectivity index (χ2v) is 4.63. The smallest absolute Gasteiger partial charge is 0.218 e. The van der Waals surface area contributed by atoms with Gasteiger partial charge in [-0.05, 0) is 25.7 Å². The van der Waals surface area contributed by atoms with Crippen LogP contribution in [0.1, 0.15) is 51.3 Å². The van der Waals surface area contributed by atoms with Crippen molar-refractivity contribution in [2.24, 2.45) is 0 Å². The number of hydrogen-bond acceptors (Lipinski definition) is 4. The first-order valence-electron chi connectivity index (χ1n) is 6.58. The zero-order valence-corrected chi connectivity index (χ0v) is 10.5. The van der Waals surface area contributed by atoms with Gasteiger partial charge in [-0.2, -0.15) is 4.98 Å². The van der Waals surface area contributed by atoms with Crippen molar-refractivity contribution in [2.75, 3.05) is 5.73 Å². The topological polar surface area (TPSA) is 61.0 Å². The van der Waals surface area contributed by atoms with Crippen LogP contribution < -0.4 is 10.5 Å². The van der Waals surface area contributed by atoms with E-state index in [9.17, 15) is 0 Å². The number of nitrogen functional groups attached to an aromatic ring is 1. The third-order valence-electron chi connectivity index (χ3n) is 3.17. The summed E-state index contributed by atoms with van der Waals surface area (Å²) in [5, 5.41) is 0. The first kappa shape index (κ1) is 12.1. The molecule has 17 heavy (non-hydrogen) atoms. The average molecular weight is 235 g/mol. The molecule has 0 saturated heterocycles. The van der Waals surface area contributed by atoms with Crippen molar-refractivity contribution in [2.45, 2.75) is 58.0 Å². The van der Waals surface area contributed by atoms with Crippen molar-refractivity contribution in [3.63, 3.8) is 0 Å². The van der Waals surface area contributed by atoms with E-state index in [1.807, 2.05) is 6.92 Å². The van der Waals surface area contributed by atoms with Crippen molar-refractivity contribution >= 4 is 5.82 Å². The second-order valence-electron chi connectivity index (χ2n) is 4.63. The highest BCUT2D eigenvalue weighted by Crippen LogP contribution is 2.22. The third-order valence-corrected chi connectivity index (χ3v) is 3.17. The normalized spacial score (nSPS) is 17.7. The van der Waals surface area contributed by atoms with E-state index in [1.54, 1.807) is 6.07 Å². The van der Waals surface area contributed by atoms with Crippen molar-refractivity contribution < 1.29 is 4.74 Å². The predicted molar refractivity (Wildman–Crippen MR) is 67.9 cm³/mol. The SMILES string of the molecule is CCc1nc(N)cc(OC2CCCCCC2)n1. The van der Waals surface area contributed by atoms with Crippen LogP contribution >= 0.6 is 0 Å². The van der Waals surface area contributed by atoms with Gasteiger partial charge in [-0.15, -0.1) is 0 Å². The maximum absolute atomic E-state index is 5.93. The number of rotatable bonds is 3. The van der Waals surface area contributed by atoms with E-state index in [0.29, 0.717) is 17.8 Å². The lowest BCUT2D eigenvalue weighted by molar-refractivity contribution is 0.175. The first-order valence-corrected chi connectivity index (χ1v) is 6.58. The fourth-order valence-electron chi connectivity index (χ4n) is 2.24. The minimum atomic E-state index is 0.302. The zero-order valence-electron chi connectivity index (χ0n) is 10.5. The van der Waals surface area contributed by atoms with Gasteiger partial charge < -0.3 is 10.5 Å². The first-order chi connectivity index (χ1) is 8.28. The van der Waals surface area contributed by atoms with Gasteiger partial charge in [0.2, 0.25) is 5.88 Å². The van der Waals surface area contributed by atoms with E-state index in [-0.39, 0.29) is 0 Å². The highest BCUT2D eigenvalue weighted by atomic mass is 16.5. The molecule has 0 unspecified atom stereocenters. The molecular weight excluding hydrogens is 214 g/mol. The predicted octanol–water partition coefficient (Wildman–Crippen LogP) is 2.72. The average Bonchev–Trinajstić information content (AvgIpc) is 2.57. The molecule has 1 fully saturated rings. The fraction of sp³-hybridized carbons (Fsp3) is 0.692. The third kappa shape index (κ3) is 3.58. The van der Waals surface area contributed by atoms with E-state index in [1.165, 1.54) is 25.7 Å². The minimum Gasteiger partial charge on any atom is -0.474 e. The van der Waals surface area contributed by atoms with Crippen LogP contribution in [0.4, 0.5) is 5.82 Å². The van der Waals surface area contributed by atoms with Crippen LogP contribution in [0.5, 0.6) is 5.88 Å². The monoisotopic (exact) mass is 235 g/mol. The van der Waals surface area contributed by atoms with Crippen LogP contribution in [0.15, 0.2) is 6.07 Å². The summed E-state index contributed by atoms with van der Waals surface area (Å²) >= 11 is 0. The van der Waals surface area contributed by atoms with Crippen LogP contribution in [0, 0.1) is 0 Å². The van der Waals surface area contributed by atoms with Crippen LogP contribution in [0.3, 0.4) is 0 Å². The molecule has 4 heteroatoms. The molecule has 2 N–H and O–H groups in total. The number of ether oxygens (including phenoxy) is 1. The summed E-state index contributed by atoms with van der Waals surface area (Å²) < 4.78 is 5.93. The summed E-state index contributed by atoms with van der Waals surface area (Å²) in [7, 11) is 0. The molecule has 0 radical (unpaired) electrons. The lowest BCUT2D eigenvalue weighted by Gasteiger charge is -2.16. The molecule has 2 rings (SSSR count). The maximum atomic E-state index is 5.93. The van der Waals surface area contributed by atoms with Gasteiger partial charge in [-0.25, -0.2) is 4.98 Å². The van der Waals surface area contributed by atoms with Gasteiger partial charge >= 0.3 is 0 Å². The van der Waals surface area contributed by atoms with E-state index < -0.39 is 0 Å². The Morgan fingerprint density at radius 3 is 2.59 bits per heavy atom. The Labute approximate surface area is 103 Å². The minimum absolute atomic E-state index is 0.302. The Hall–Kier alpha value is -1.32. The van der Waals surface area contributed by atoms with Crippen LogP contribution in [-0.4, -0.2) is 16.1 Å². The van der Waals surface area contributed by atoms with Crippen molar-refractivity contribution in [1.29, 1.82) is 0 Å². The molecule has 4 nitrogen and oxygen atoms in total. The van der Waals surface area contributed by atoms with Gasteiger partial charge in [-0.3, -0.25) is 0 Å². The zero-order chi connectivity index (χ0) is 12.1. The number of nitrogens with two attached hydrogens (primary N) is 1. The molecule has 1 heterocycles. The molecule has 0 bridgehead atoms. The lowest BCUT2D eigenvalue weighted by Crippen LogP contribution is -2.16. The molecule has 1 aliphatic rings. The summed E-state index contributed by atoms with van der Waals surface area (Å²) in [5.74, 6) is 1.90. The second kappa shape index (κ2) is 5.84. The summed E-state index contributed by atoms with van der Waals surface area (Å²) in [6, 6.07) is 1.73. The number of anilines is 1. The van der Waals surface area contributed by atoms with Crippen LogP contribution in [-0.2, 0) is 6.42 Å². The quantitative estimate of drug-likeness (QED) is 0.818. The summed E-state index contributed by atoms with van der Waals surface area (Å²) in [4.78, 5) is 8.51. The molecule has 1 aliphatic carbocycles. The Balaban J connectivity index is 2.03. The molecule has 1 aromatic rings. The molecule has 0 amide bonds. The highest BCUT2D eigenvalue weighted by Gasteiger charge is 2.14. The van der Waals surface area contributed by atoms with Crippen molar-refractivity contribution in [1.82, 2.24) is 9.97 Å². The molecule has 94 valence electrons. The number of hydrogen-bond donors (Lipinski definition) is 1. The Morgan fingerprint density at radius 1 is 1.24 bits per heavy atom. The largest absolute Gasteiger partial charge is 0.474 e. The molecular formula is C13H21N3O. The summed E-state index contributed by atoms with van der Waals surface area (Å²) in [6.45, 7) is 2.02. The van der Waals surface area contributed by atoms with Gasteiger partial charge in [-0.1, -0.05) is 19.8 Å². The van der Waals surface area contributed by atoms with E-state index in [4.69, 9.17) is 10.5 Å². The highest BCUT2D eigenvalue weighted by molar-refractivity contribution is 5.32. The van der Waals surface area contributed by atoms with Crippen LogP contribution in [0.2, 0.25) is 0 Å². The number of aromatic nitrogens is 2. The Kier molecular flexibility index (Phi) is 4.18. The van der Waals surface area contributed by atoms with Gasteiger partial charge in [0.1, 0.15) is 17.7 Å². The Morgan fingerprint density at radius 2 is 1.94 bits per heavy atom. The number of aryl methyl sites for hydroxylation is 1. The molecule has 1 saturated carbocycles. The molecule has 0 spiro atoms. The van der Waals surface area contributed by atoms with E-state index >= 15 is 0 Å². The van der Waals surface area contributed by atoms with Gasteiger partial charge in [0.05, 0.1) is 0 Å². The summed E-state index contributed by atoms with van der Waals surface area (Å²) in [6.07, 6.45) is 8.51. The Bertz CT molecular complexity index is 360. The van der Waals surface area contributed by atoms with E-state index in [2.05, 4.69) is 9.97 Å². The number of nitrogens with zero attached hydrogens (tertiary/aromatic N) is 2. The fourth-order valence-corrected chi connectivity index (χ4v) is 2.24. The molecule has 0 aliphatic heterocycles. The van der Waals surface area contributed by atoms with Crippen LogP contribution in [0.25, 0.3) is 0 Å². The molecule has 0 atom stereocenters. The van der Waals surface area contributed by atoms with Crippen molar-refractivity contribution in [3.05, 3.63) is 11.9 Å². The van der Waals surface area contributed by atoms with Gasteiger partial charge in [0.25, 0.3) is 0 Å². The standard InChI is InChI=1S/C13H21N3O/c1-2-12-15-11(14)9-13(16-12)17-10-7-5-3-4-6-8-10/h9-10H,2-8H2,1H3,(H2,14,15,16). The molecule has 1 aromatic heterocycles. The van der Waals surface area contributed by atoms with Crippen molar-refractivity contribution in [3.8, 4) is 5.88 Å². The maximum Gasteiger partial charge on any atom is 0.218 e. The summed E-state index contributed by atoms with van der Waals surface area (Å²) in [5.41, 5.74) is 5.74. The van der Waals surface area contributed by atoms with Gasteiger partial charge in [0.15, 0.2) is 0 Å². The van der Waals surface area contributed by atoms with E-state index in [0.717, 1.165) is 25.1 Å². The molecule has 0 aromatic carbocycles. The van der Waals surface area contributed by atoms with Gasteiger partial charge in [0, 0.05) is 12.5 Å². The lowest BCUT2D eigenvalue weighted by atomic mass is 10.1.